The Bertz CT molecular complexity index is 665. The van der Waals surface area contributed by atoms with E-state index in [1.54, 1.807) is 0 Å². The first-order chi connectivity index (χ1) is 10.2. The lowest BCUT2D eigenvalue weighted by molar-refractivity contribution is 0.206. The van der Waals surface area contributed by atoms with Crippen LogP contribution in [-0.2, 0) is 6.42 Å². The van der Waals surface area contributed by atoms with Crippen molar-refractivity contribution in [1.29, 1.82) is 5.26 Å². The molecule has 1 aliphatic rings. The Morgan fingerprint density at radius 3 is 3.00 bits per heavy atom. The molecule has 0 amide bonds. The number of benzene rings is 1. The summed E-state index contributed by atoms with van der Waals surface area (Å²) in [5, 5.41) is 10.3. The molecule has 1 saturated carbocycles. The van der Waals surface area contributed by atoms with Crippen molar-refractivity contribution in [3.05, 3.63) is 35.5 Å². The second kappa shape index (κ2) is 5.91. The highest BCUT2D eigenvalue weighted by Gasteiger charge is 2.30. The highest BCUT2D eigenvalue weighted by atomic mass is 15.1. The van der Waals surface area contributed by atoms with Gasteiger partial charge in [-0.05, 0) is 62.5 Å². The van der Waals surface area contributed by atoms with E-state index in [0.29, 0.717) is 6.04 Å². The third kappa shape index (κ3) is 2.69. The third-order valence-electron chi connectivity index (χ3n) is 5.06. The van der Waals surface area contributed by atoms with Crippen LogP contribution < -0.4 is 0 Å². The Morgan fingerprint density at radius 2 is 2.24 bits per heavy atom. The molecule has 2 unspecified atom stereocenters. The smallest absolute Gasteiger partial charge is 0.0991 e. The minimum Gasteiger partial charge on any atom is -0.361 e. The quantitative estimate of drug-likeness (QED) is 0.928. The van der Waals surface area contributed by atoms with Gasteiger partial charge in [-0.3, -0.25) is 0 Å². The van der Waals surface area contributed by atoms with Gasteiger partial charge in [-0.2, -0.15) is 5.26 Å². The van der Waals surface area contributed by atoms with Crippen molar-refractivity contribution in [2.75, 3.05) is 13.6 Å². The number of hydrogen-bond donors (Lipinski definition) is 1. The zero-order valence-corrected chi connectivity index (χ0v) is 12.9. The van der Waals surface area contributed by atoms with Gasteiger partial charge in [0.25, 0.3) is 0 Å². The number of aromatic nitrogens is 1. The first-order valence-corrected chi connectivity index (χ1v) is 7.93. The molecular weight excluding hydrogens is 258 g/mol. The molecule has 0 bridgehead atoms. The summed E-state index contributed by atoms with van der Waals surface area (Å²) in [5.41, 5.74) is 3.25. The molecule has 0 aliphatic heterocycles. The predicted molar refractivity (Wildman–Crippen MR) is 86.2 cm³/mol. The molecule has 0 radical (unpaired) electrons. The van der Waals surface area contributed by atoms with Crippen LogP contribution in [0.3, 0.4) is 0 Å². The maximum Gasteiger partial charge on any atom is 0.0991 e. The molecule has 1 aromatic heterocycles. The van der Waals surface area contributed by atoms with E-state index in [-0.39, 0.29) is 0 Å². The van der Waals surface area contributed by atoms with Crippen molar-refractivity contribution in [3.8, 4) is 6.07 Å². The van der Waals surface area contributed by atoms with Gasteiger partial charge in [0, 0.05) is 23.1 Å². The Hall–Kier alpha value is -1.79. The van der Waals surface area contributed by atoms with E-state index in [1.165, 1.54) is 30.2 Å². The maximum atomic E-state index is 9.09. The van der Waals surface area contributed by atoms with Crippen molar-refractivity contribution < 1.29 is 0 Å². The van der Waals surface area contributed by atoms with Gasteiger partial charge in [0.2, 0.25) is 0 Å². The SMILES string of the molecule is CCN(C)C1CCCC1Cc1c[nH]c2ccc(C#N)cc12. The summed E-state index contributed by atoms with van der Waals surface area (Å²) in [6, 6.07) is 8.87. The topological polar surface area (TPSA) is 42.8 Å². The Kier molecular flexibility index (Phi) is 3.98. The Labute approximate surface area is 126 Å². The molecule has 1 N–H and O–H groups in total. The van der Waals surface area contributed by atoms with E-state index in [2.05, 4.69) is 36.1 Å². The summed E-state index contributed by atoms with van der Waals surface area (Å²) in [6.07, 6.45) is 7.23. The second-order valence-corrected chi connectivity index (χ2v) is 6.22. The Morgan fingerprint density at radius 1 is 1.38 bits per heavy atom. The summed E-state index contributed by atoms with van der Waals surface area (Å²) in [5.74, 6) is 0.736. The fourth-order valence-corrected chi connectivity index (χ4v) is 3.77. The summed E-state index contributed by atoms with van der Waals surface area (Å²) < 4.78 is 0. The molecule has 2 aromatic rings. The van der Waals surface area contributed by atoms with Crippen LogP contribution in [0.4, 0.5) is 0 Å². The highest BCUT2D eigenvalue weighted by molar-refractivity contribution is 5.84. The first kappa shape index (κ1) is 14.2. The summed E-state index contributed by atoms with van der Waals surface area (Å²) in [4.78, 5) is 5.84. The van der Waals surface area contributed by atoms with Crippen molar-refractivity contribution in [1.82, 2.24) is 9.88 Å². The Balaban J connectivity index is 1.86. The van der Waals surface area contributed by atoms with Crippen LogP contribution in [0.1, 0.15) is 37.3 Å². The van der Waals surface area contributed by atoms with Crippen molar-refractivity contribution >= 4 is 10.9 Å². The largest absolute Gasteiger partial charge is 0.361 e. The number of H-pyrrole nitrogens is 1. The molecule has 1 aliphatic carbocycles. The summed E-state index contributed by atoms with van der Waals surface area (Å²) in [6.45, 7) is 3.36. The maximum absolute atomic E-state index is 9.09. The number of nitrogens with zero attached hydrogens (tertiary/aromatic N) is 2. The predicted octanol–water partition coefficient (Wildman–Crippen LogP) is 3.70. The number of rotatable bonds is 4. The number of hydrogen-bond acceptors (Lipinski definition) is 2. The number of nitriles is 1. The van der Waals surface area contributed by atoms with E-state index in [0.717, 1.165) is 30.0 Å². The van der Waals surface area contributed by atoms with Gasteiger partial charge >= 0.3 is 0 Å². The van der Waals surface area contributed by atoms with Crippen LogP contribution >= 0.6 is 0 Å². The molecular formula is C18H23N3. The van der Waals surface area contributed by atoms with Crippen LogP contribution in [0, 0.1) is 17.2 Å². The molecule has 21 heavy (non-hydrogen) atoms. The number of fused-ring (bicyclic) bond motifs is 1. The molecule has 1 aromatic carbocycles. The zero-order valence-electron chi connectivity index (χ0n) is 12.9. The molecule has 0 spiro atoms. The van der Waals surface area contributed by atoms with Gasteiger partial charge in [0.15, 0.2) is 0 Å². The van der Waals surface area contributed by atoms with E-state index >= 15 is 0 Å². The molecule has 2 atom stereocenters. The normalized spacial score (nSPS) is 22.0. The number of nitrogens with one attached hydrogen (secondary N) is 1. The van der Waals surface area contributed by atoms with Gasteiger partial charge in [0.1, 0.15) is 0 Å². The minimum absolute atomic E-state index is 0.707. The monoisotopic (exact) mass is 281 g/mol. The standard InChI is InChI=1S/C18H23N3/c1-3-21(2)18-6-4-5-14(18)10-15-12-20-17-8-7-13(11-19)9-16(15)17/h7-9,12,14,18,20H,3-6,10H2,1-2H3. The van der Waals surface area contributed by atoms with Crippen LogP contribution in [0.5, 0.6) is 0 Å². The molecule has 3 heteroatoms. The van der Waals surface area contributed by atoms with Crippen molar-refractivity contribution in [3.63, 3.8) is 0 Å². The van der Waals surface area contributed by atoms with Crippen molar-refractivity contribution in [2.45, 2.75) is 38.6 Å². The highest BCUT2D eigenvalue weighted by Crippen LogP contribution is 2.33. The first-order valence-electron chi connectivity index (χ1n) is 7.93. The molecule has 3 rings (SSSR count). The van der Waals surface area contributed by atoms with Crippen molar-refractivity contribution in [2.24, 2.45) is 5.92 Å². The summed E-state index contributed by atoms with van der Waals surface area (Å²) >= 11 is 0. The van der Waals surface area contributed by atoms with E-state index < -0.39 is 0 Å². The second-order valence-electron chi connectivity index (χ2n) is 6.22. The van der Waals surface area contributed by atoms with Gasteiger partial charge < -0.3 is 9.88 Å². The fourth-order valence-electron chi connectivity index (χ4n) is 3.77. The van der Waals surface area contributed by atoms with E-state index in [9.17, 15) is 0 Å². The van der Waals surface area contributed by atoms with Gasteiger partial charge in [-0.25, -0.2) is 0 Å². The lowest BCUT2D eigenvalue weighted by atomic mass is 9.93. The lowest BCUT2D eigenvalue weighted by Gasteiger charge is -2.28. The van der Waals surface area contributed by atoms with E-state index in [4.69, 9.17) is 5.26 Å². The number of aromatic amines is 1. The van der Waals surface area contributed by atoms with Crippen LogP contribution in [0.25, 0.3) is 10.9 Å². The molecule has 1 heterocycles. The fraction of sp³-hybridized carbons (Fsp3) is 0.500. The van der Waals surface area contributed by atoms with E-state index in [1.807, 2.05) is 18.2 Å². The molecule has 110 valence electrons. The molecule has 3 nitrogen and oxygen atoms in total. The molecule has 0 saturated heterocycles. The molecule has 1 fully saturated rings. The minimum atomic E-state index is 0.707. The van der Waals surface area contributed by atoms with Crippen LogP contribution in [0.2, 0.25) is 0 Å². The lowest BCUT2D eigenvalue weighted by Crippen LogP contribution is -2.35. The van der Waals surface area contributed by atoms with Crippen LogP contribution in [0.15, 0.2) is 24.4 Å². The average Bonchev–Trinajstić information content (AvgIpc) is 3.14. The average molecular weight is 281 g/mol. The summed E-state index contributed by atoms with van der Waals surface area (Å²) in [7, 11) is 2.24. The van der Waals surface area contributed by atoms with Gasteiger partial charge in [-0.15, -0.1) is 0 Å². The van der Waals surface area contributed by atoms with Gasteiger partial charge in [-0.1, -0.05) is 13.3 Å². The van der Waals surface area contributed by atoms with Crippen LogP contribution in [-0.4, -0.2) is 29.5 Å². The zero-order chi connectivity index (χ0) is 14.8. The third-order valence-corrected chi connectivity index (χ3v) is 5.06. The van der Waals surface area contributed by atoms with Gasteiger partial charge in [0.05, 0.1) is 11.6 Å².